The Bertz CT molecular complexity index is 541. The highest BCUT2D eigenvalue weighted by Gasteiger charge is 2.06. The second kappa shape index (κ2) is 5.29. The summed E-state index contributed by atoms with van der Waals surface area (Å²) < 4.78 is 6.50. The number of thiophene rings is 1. The monoisotopic (exact) mass is 313 g/mol. The molecular formula is C11H8BrNO3S. The summed E-state index contributed by atoms with van der Waals surface area (Å²) in [5.74, 6) is 0.503. The molecule has 0 saturated carbocycles. The molecule has 1 heterocycles. The van der Waals surface area contributed by atoms with E-state index in [1.165, 1.54) is 12.1 Å². The Morgan fingerprint density at radius 3 is 2.88 bits per heavy atom. The molecule has 0 N–H and O–H groups in total. The lowest BCUT2D eigenvalue weighted by Crippen LogP contribution is -1.94. The number of halogens is 1. The summed E-state index contributed by atoms with van der Waals surface area (Å²) in [6, 6.07) is 8.13. The van der Waals surface area contributed by atoms with Gasteiger partial charge in [-0.05, 0) is 28.1 Å². The van der Waals surface area contributed by atoms with Gasteiger partial charge in [-0.15, -0.1) is 11.3 Å². The minimum absolute atomic E-state index is 0.0369. The summed E-state index contributed by atoms with van der Waals surface area (Å²) in [4.78, 5) is 11.2. The Morgan fingerprint density at radius 2 is 2.24 bits per heavy atom. The minimum Gasteiger partial charge on any atom is -0.488 e. The molecule has 1 aromatic carbocycles. The first-order valence-corrected chi connectivity index (χ1v) is 6.42. The molecule has 0 aliphatic carbocycles. The topological polar surface area (TPSA) is 52.4 Å². The van der Waals surface area contributed by atoms with Crippen molar-refractivity contribution in [1.29, 1.82) is 0 Å². The van der Waals surface area contributed by atoms with Crippen LogP contribution in [0.3, 0.4) is 0 Å². The first kappa shape index (κ1) is 12.1. The van der Waals surface area contributed by atoms with Gasteiger partial charge in [-0.1, -0.05) is 6.07 Å². The highest BCUT2D eigenvalue weighted by atomic mass is 79.9. The third kappa shape index (κ3) is 3.28. The molecule has 0 unspecified atom stereocenters. The molecule has 0 amide bonds. The van der Waals surface area contributed by atoms with E-state index in [0.717, 1.165) is 9.35 Å². The van der Waals surface area contributed by atoms with Crippen LogP contribution in [0.2, 0.25) is 0 Å². The first-order chi connectivity index (χ1) is 8.15. The van der Waals surface area contributed by atoms with Crippen LogP contribution in [0.25, 0.3) is 0 Å². The van der Waals surface area contributed by atoms with E-state index in [4.69, 9.17) is 4.74 Å². The van der Waals surface area contributed by atoms with E-state index in [2.05, 4.69) is 15.9 Å². The number of ether oxygens (including phenoxy) is 1. The molecule has 2 rings (SSSR count). The molecular weight excluding hydrogens is 306 g/mol. The molecule has 2 aromatic rings. The van der Waals surface area contributed by atoms with E-state index < -0.39 is 4.92 Å². The summed E-state index contributed by atoms with van der Waals surface area (Å²) in [5, 5.41) is 12.5. The Labute approximate surface area is 110 Å². The molecule has 0 saturated heterocycles. The number of nitro benzene ring substituents is 1. The third-order valence-electron chi connectivity index (χ3n) is 2.03. The van der Waals surface area contributed by atoms with Crippen molar-refractivity contribution < 1.29 is 9.66 Å². The average Bonchev–Trinajstić information content (AvgIpc) is 2.73. The van der Waals surface area contributed by atoms with Crippen molar-refractivity contribution in [2.75, 3.05) is 0 Å². The second-order valence-corrected chi connectivity index (χ2v) is 5.19. The lowest BCUT2D eigenvalue weighted by molar-refractivity contribution is -0.384. The van der Waals surface area contributed by atoms with Crippen LogP contribution in [0.1, 0.15) is 4.88 Å². The van der Waals surface area contributed by atoms with Crippen LogP contribution in [0.4, 0.5) is 5.69 Å². The van der Waals surface area contributed by atoms with E-state index in [-0.39, 0.29) is 5.69 Å². The quantitative estimate of drug-likeness (QED) is 0.633. The maximum Gasteiger partial charge on any atom is 0.273 e. The van der Waals surface area contributed by atoms with E-state index >= 15 is 0 Å². The molecule has 0 fully saturated rings. The molecule has 4 nitrogen and oxygen atoms in total. The first-order valence-electron chi connectivity index (χ1n) is 4.75. The SMILES string of the molecule is O=[N+]([O-])c1cccc(OCc2cc(Br)cs2)c1. The van der Waals surface area contributed by atoms with Gasteiger partial charge in [-0.3, -0.25) is 10.1 Å². The van der Waals surface area contributed by atoms with Gasteiger partial charge in [-0.25, -0.2) is 0 Å². The van der Waals surface area contributed by atoms with Gasteiger partial charge in [0.15, 0.2) is 0 Å². The highest BCUT2D eigenvalue weighted by molar-refractivity contribution is 9.10. The van der Waals surface area contributed by atoms with E-state index in [0.29, 0.717) is 12.4 Å². The van der Waals surface area contributed by atoms with Crippen molar-refractivity contribution in [3.63, 3.8) is 0 Å². The minimum atomic E-state index is -0.436. The van der Waals surface area contributed by atoms with Gasteiger partial charge in [-0.2, -0.15) is 0 Å². The van der Waals surface area contributed by atoms with Crippen LogP contribution in [0.15, 0.2) is 40.2 Å². The van der Waals surface area contributed by atoms with Crippen LogP contribution >= 0.6 is 27.3 Å². The molecule has 0 atom stereocenters. The summed E-state index contributed by atoms with van der Waals surface area (Å²) in [7, 11) is 0. The van der Waals surface area contributed by atoms with Crippen molar-refractivity contribution in [3.8, 4) is 5.75 Å². The molecule has 0 bridgehead atoms. The fraction of sp³-hybridized carbons (Fsp3) is 0.0909. The van der Waals surface area contributed by atoms with Gasteiger partial charge < -0.3 is 4.74 Å². The highest BCUT2D eigenvalue weighted by Crippen LogP contribution is 2.23. The fourth-order valence-electron chi connectivity index (χ4n) is 1.27. The number of rotatable bonds is 4. The lowest BCUT2D eigenvalue weighted by atomic mass is 10.3. The van der Waals surface area contributed by atoms with E-state index in [1.54, 1.807) is 23.5 Å². The molecule has 0 aliphatic heterocycles. The van der Waals surface area contributed by atoms with Crippen molar-refractivity contribution >= 4 is 33.0 Å². The van der Waals surface area contributed by atoms with Crippen LogP contribution in [0.5, 0.6) is 5.75 Å². The van der Waals surface area contributed by atoms with Crippen molar-refractivity contribution in [2.45, 2.75) is 6.61 Å². The Balaban J connectivity index is 2.04. The zero-order valence-electron chi connectivity index (χ0n) is 8.63. The van der Waals surface area contributed by atoms with E-state index in [1.807, 2.05) is 11.4 Å². The summed E-state index contributed by atoms with van der Waals surface area (Å²) >= 11 is 4.93. The molecule has 88 valence electrons. The van der Waals surface area contributed by atoms with Crippen LogP contribution < -0.4 is 4.74 Å². The van der Waals surface area contributed by atoms with Gasteiger partial charge in [0, 0.05) is 20.8 Å². The Morgan fingerprint density at radius 1 is 1.41 bits per heavy atom. The van der Waals surface area contributed by atoms with Crippen LogP contribution in [0, 0.1) is 10.1 Å². The number of hydrogen-bond donors (Lipinski definition) is 0. The standard InChI is InChI=1S/C11H8BrNO3S/c12-8-4-11(17-7-8)6-16-10-3-1-2-9(5-10)13(14)15/h1-5,7H,6H2. The predicted octanol–water partition coefficient (Wildman–Crippen LogP) is 4.00. The molecule has 0 radical (unpaired) electrons. The van der Waals surface area contributed by atoms with Gasteiger partial charge in [0.2, 0.25) is 0 Å². The van der Waals surface area contributed by atoms with Gasteiger partial charge in [0.05, 0.1) is 11.0 Å². The normalized spacial score (nSPS) is 10.2. The molecule has 0 spiro atoms. The summed E-state index contributed by atoms with van der Waals surface area (Å²) in [6.45, 7) is 0.414. The number of non-ortho nitro benzene ring substituents is 1. The van der Waals surface area contributed by atoms with Crippen LogP contribution in [-0.4, -0.2) is 4.92 Å². The summed E-state index contributed by atoms with van der Waals surface area (Å²) in [6.07, 6.45) is 0. The zero-order valence-corrected chi connectivity index (χ0v) is 11.0. The van der Waals surface area contributed by atoms with Crippen LogP contribution in [-0.2, 0) is 6.61 Å². The maximum atomic E-state index is 10.6. The number of nitro groups is 1. The van der Waals surface area contributed by atoms with Gasteiger partial charge in [0.1, 0.15) is 12.4 Å². The number of nitrogens with zero attached hydrogens (tertiary/aromatic N) is 1. The second-order valence-electron chi connectivity index (χ2n) is 3.27. The smallest absolute Gasteiger partial charge is 0.273 e. The largest absolute Gasteiger partial charge is 0.488 e. The maximum absolute atomic E-state index is 10.6. The molecule has 17 heavy (non-hydrogen) atoms. The Kier molecular flexibility index (Phi) is 3.75. The fourth-order valence-corrected chi connectivity index (χ4v) is 2.63. The van der Waals surface area contributed by atoms with Crippen molar-refractivity contribution in [1.82, 2.24) is 0 Å². The van der Waals surface area contributed by atoms with Gasteiger partial charge >= 0.3 is 0 Å². The van der Waals surface area contributed by atoms with Crippen molar-refractivity contribution in [3.05, 3.63) is 55.2 Å². The molecule has 6 heteroatoms. The van der Waals surface area contributed by atoms with Gasteiger partial charge in [0.25, 0.3) is 5.69 Å². The van der Waals surface area contributed by atoms with E-state index in [9.17, 15) is 10.1 Å². The predicted molar refractivity (Wildman–Crippen MR) is 69.4 cm³/mol. The summed E-state index contributed by atoms with van der Waals surface area (Å²) in [5.41, 5.74) is 0.0369. The Hall–Kier alpha value is -1.40. The number of hydrogen-bond acceptors (Lipinski definition) is 4. The lowest BCUT2D eigenvalue weighted by Gasteiger charge is -2.03. The molecule has 1 aromatic heterocycles. The number of benzene rings is 1. The van der Waals surface area contributed by atoms with Crippen molar-refractivity contribution in [2.24, 2.45) is 0 Å². The average molecular weight is 314 g/mol. The molecule has 0 aliphatic rings. The zero-order chi connectivity index (χ0) is 12.3. The third-order valence-corrected chi connectivity index (χ3v) is 3.70.